The molecular formula is C30H22F4N2O. The standard InChI is InChI=1S/C30H22F4N2O/c31-23-12-13-27(37)21(15-23)17-35-24-9-4-8-20(16-24)28-22(14-19-6-2-1-3-7-19)18-36-29-25(28)10-5-11-26(29)30(32,33)34/h1-13,15-16,18,35,37H,14,17H2. The van der Waals surface area contributed by atoms with Crippen LogP contribution < -0.4 is 5.32 Å². The largest absolute Gasteiger partial charge is 0.508 e. The molecule has 0 amide bonds. The van der Waals surface area contributed by atoms with E-state index in [0.29, 0.717) is 34.2 Å². The number of fused-ring (bicyclic) bond motifs is 1. The Morgan fingerprint density at radius 2 is 1.59 bits per heavy atom. The number of hydrogen-bond acceptors (Lipinski definition) is 3. The van der Waals surface area contributed by atoms with Crippen molar-refractivity contribution in [2.45, 2.75) is 19.1 Å². The number of aromatic hydroxyl groups is 1. The molecule has 186 valence electrons. The van der Waals surface area contributed by atoms with Crippen molar-refractivity contribution in [3.8, 4) is 16.9 Å². The van der Waals surface area contributed by atoms with Crippen molar-refractivity contribution in [3.05, 3.63) is 125 Å². The molecule has 0 unspecified atom stereocenters. The lowest BCUT2D eigenvalue weighted by atomic mass is 9.91. The maximum atomic E-state index is 13.8. The van der Waals surface area contributed by atoms with Crippen LogP contribution in [0.2, 0.25) is 0 Å². The topological polar surface area (TPSA) is 45.1 Å². The van der Waals surface area contributed by atoms with E-state index in [2.05, 4.69) is 10.3 Å². The summed E-state index contributed by atoms with van der Waals surface area (Å²) in [5.41, 5.74) is 3.34. The van der Waals surface area contributed by atoms with Crippen LogP contribution in [0.25, 0.3) is 22.0 Å². The van der Waals surface area contributed by atoms with Crippen LogP contribution in [0.4, 0.5) is 23.2 Å². The number of phenols is 1. The van der Waals surface area contributed by atoms with Crippen molar-refractivity contribution in [2.75, 3.05) is 5.32 Å². The molecule has 0 bridgehead atoms. The number of pyridine rings is 1. The van der Waals surface area contributed by atoms with Crippen molar-refractivity contribution in [2.24, 2.45) is 0 Å². The Hall–Kier alpha value is -4.39. The second-order valence-electron chi connectivity index (χ2n) is 8.73. The Labute approximate surface area is 211 Å². The van der Waals surface area contributed by atoms with Crippen molar-refractivity contribution in [1.82, 2.24) is 4.98 Å². The molecule has 0 saturated carbocycles. The quantitative estimate of drug-likeness (QED) is 0.232. The van der Waals surface area contributed by atoms with Crippen molar-refractivity contribution in [3.63, 3.8) is 0 Å². The van der Waals surface area contributed by atoms with E-state index < -0.39 is 17.6 Å². The molecule has 1 aromatic heterocycles. The van der Waals surface area contributed by atoms with Gasteiger partial charge in [-0.05, 0) is 65.1 Å². The summed E-state index contributed by atoms with van der Waals surface area (Å²) in [6.07, 6.45) is -2.53. The summed E-state index contributed by atoms with van der Waals surface area (Å²) in [5.74, 6) is -0.493. The van der Waals surface area contributed by atoms with Crippen LogP contribution >= 0.6 is 0 Å². The zero-order chi connectivity index (χ0) is 26.0. The van der Waals surface area contributed by atoms with Gasteiger partial charge >= 0.3 is 6.18 Å². The van der Waals surface area contributed by atoms with E-state index in [9.17, 15) is 22.7 Å². The van der Waals surface area contributed by atoms with Gasteiger partial charge in [0.2, 0.25) is 0 Å². The molecule has 0 aliphatic carbocycles. The summed E-state index contributed by atoms with van der Waals surface area (Å²) in [7, 11) is 0. The van der Waals surface area contributed by atoms with E-state index in [1.165, 1.54) is 30.5 Å². The van der Waals surface area contributed by atoms with Gasteiger partial charge in [0, 0.05) is 29.4 Å². The lowest BCUT2D eigenvalue weighted by Gasteiger charge is -2.17. The summed E-state index contributed by atoms with van der Waals surface area (Å²) >= 11 is 0. The average molecular weight is 503 g/mol. The zero-order valence-corrected chi connectivity index (χ0v) is 19.6. The number of nitrogens with one attached hydrogen (secondary N) is 1. The fraction of sp³-hybridized carbons (Fsp3) is 0.100. The fourth-order valence-electron chi connectivity index (χ4n) is 4.46. The summed E-state index contributed by atoms with van der Waals surface area (Å²) in [4.78, 5) is 4.25. The molecule has 0 aliphatic heterocycles. The van der Waals surface area contributed by atoms with Crippen LogP contribution in [0.15, 0.2) is 97.2 Å². The number of para-hydroxylation sites is 1. The molecule has 5 aromatic rings. The molecule has 0 radical (unpaired) electrons. The molecule has 2 N–H and O–H groups in total. The second kappa shape index (κ2) is 9.93. The molecule has 5 rings (SSSR count). The van der Waals surface area contributed by atoms with Crippen LogP contribution in [0, 0.1) is 5.82 Å². The molecule has 0 spiro atoms. The van der Waals surface area contributed by atoms with Gasteiger partial charge in [0.15, 0.2) is 0 Å². The van der Waals surface area contributed by atoms with Gasteiger partial charge in [0.05, 0.1) is 11.1 Å². The highest BCUT2D eigenvalue weighted by molar-refractivity contribution is 5.98. The van der Waals surface area contributed by atoms with Crippen LogP contribution in [0.5, 0.6) is 5.75 Å². The van der Waals surface area contributed by atoms with E-state index in [0.717, 1.165) is 17.2 Å². The molecule has 0 aliphatic rings. The normalized spacial score (nSPS) is 11.6. The third kappa shape index (κ3) is 5.26. The van der Waals surface area contributed by atoms with Crippen molar-refractivity contribution >= 4 is 16.6 Å². The Bertz CT molecular complexity index is 1570. The summed E-state index contributed by atoms with van der Waals surface area (Å²) in [5, 5.41) is 13.6. The van der Waals surface area contributed by atoms with Gasteiger partial charge in [-0.25, -0.2) is 4.39 Å². The number of benzene rings is 4. The van der Waals surface area contributed by atoms with E-state index in [4.69, 9.17) is 0 Å². The van der Waals surface area contributed by atoms with Gasteiger partial charge < -0.3 is 10.4 Å². The SMILES string of the molecule is Oc1ccc(F)cc1CNc1cccc(-c2c(Cc3ccccc3)cnc3c(C(F)(F)F)cccc23)c1. The molecule has 4 aromatic carbocycles. The Balaban J connectivity index is 1.60. The summed E-state index contributed by atoms with van der Waals surface area (Å²) in [6.45, 7) is 0.166. The number of anilines is 1. The molecule has 0 saturated heterocycles. The maximum absolute atomic E-state index is 13.8. The summed E-state index contributed by atoms with van der Waals surface area (Å²) in [6, 6.07) is 24.8. The van der Waals surface area contributed by atoms with Crippen LogP contribution in [-0.2, 0) is 19.1 Å². The first-order valence-corrected chi connectivity index (χ1v) is 11.6. The minimum absolute atomic E-state index is 0.0324. The number of nitrogens with zero attached hydrogens (tertiary/aromatic N) is 1. The number of alkyl halides is 3. The Morgan fingerprint density at radius 1 is 0.811 bits per heavy atom. The maximum Gasteiger partial charge on any atom is 0.418 e. The Morgan fingerprint density at radius 3 is 2.38 bits per heavy atom. The van der Waals surface area contributed by atoms with E-state index in [1.807, 2.05) is 42.5 Å². The van der Waals surface area contributed by atoms with Crippen LogP contribution in [0.3, 0.4) is 0 Å². The highest BCUT2D eigenvalue weighted by Crippen LogP contribution is 2.39. The number of phenolic OH excluding ortho intramolecular Hbond substituents is 1. The van der Waals surface area contributed by atoms with Crippen LogP contribution in [-0.4, -0.2) is 10.1 Å². The molecule has 0 atom stereocenters. The highest BCUT2D eigenvalue weighted by atomic mass is 19.4. The molecule has 37 heavy (non-hydrogen) atoms. The smallest absolute Gasteiger partial charge is 0.418 e. The predicted octanol–water partition coefficient (Wildman–Crippen LogP) is 7.97. The predicted molar refractivity (Wildman–Crippen MR) is 137 cm³/mol. The first-order valence-electron chi connectivity index (χ1n) is 11.6. The van der Waals surface area contributed by atoms with Gasteiger partial charge in [-0.2, -0.15) is 13.2 Å². The molecule has 7 heteroatoms. The minimum atomic E-state index is -4.54. The summed E-state index contributed by atoms with van der Waals surface area (Å²) < 4.78 is 55.0. The van der Waals surface area contributed by atoms with Crippen LogP contribution in [0.1, 0.15) is 22.3 Å². The molecule has 0 fully saturated rings. The third-order valence-electron chi connectivity index (χ3n) is 6.19. The first-order chi connectivity index (χ1) is 17.8. The number of rotatable bonds is 6. The Kier molecular flexibility index (Phi) is 6.53. The van der Waals surface area contributed by atoms with Gasteiger partial charge in [0.1, 0.15) is 11.6 Å². The lowest BCUT2D eigenvalue weighted by molar-refractivity contribution is -0.136. The van der Waals surface area contributed by atoms with Gasteiger partial charge in [0.25, 0.3) is 0 Å². The lowest BCUT2D eigenvalue weighted by Crippen LogP contribution is -2.07. The second-order valence-corrected chi connectivity index (χ2v) is 8.73. The van der Waals surface area contributed by atoms with Gasteiger partial charge in [-0.15, -0.1) is 0 Å². The van der Waals surface area contributed by atoms with Gasteiger partial charge in [-0.1, -0.05) is 54.6 Å². The minimum Gasteiger partial charge on any atom is -0.508 e. The van der Waals surface area contributed by atoms with E-state index >= 15 is 0 Å². The van der Waals surface area contributed by atoms with Crippen molar-refractivity contribution < 1.29 is 22.7 Å². The zero-order valence-electron chi connectivity index (χ0n) is 19.6. The number of aromatic nitrogens is 1. The fourth-order valence-corrected chi connectivity index (χ4v) is 4.46. The molecule has 1 heterocycles. The number of hydrogen-bond donors (Lipinski definition) is 2. The van der Waals surface area contributed by atoms with Crippen molar-refractivity contribution in [1.29, 1.82) is 0 Å². The van der Waals surface area contributed by atoms with E-state index in [-0.39, 0.29) is 17.8 Å². The monoisotopic (exact) mass is 502 g/mol. The average Bonchev–Trinajstić information content (AvgIpc) is 2.89. The molecule has 3 nitrogen and oxygen atoms in total. The third-order valence-corrected chi connectivity index (χ3v) is 6.19. The molecular weight excluding hydrogens is 480 g/mol. The number of halogens is 4. The first kappa shape index (κ1) is 24.3. The van der Waals surface area contributed by atoms with Gasteiger partial charge in [-0.3, -0.25) is 4.98 Å². The highest BCUT2D eigenvalue weighted by Gasteiger charge is 2.33. The van der Waals surface area contributed by atoms with E-state index in [1.54, 1.807) is 18.2 Å².